The third-order valence-corrected chi connectivity index (χ3v) is 4.90. The summed E-state index contributed by atoms with van der Waals surface area (Å²) in [7, 11) is 1.41. The van der Waals surface area contributed by atoms with Crippen molar-refractivity contribution in [2.75, 3.05) is 19.5 Å². The Bertz CT molecular complexity index is 639. The Morgan fingerprint density at radius 3 is 2.54 bits per heavy atom. The van der Waals surface area contributed by atoms with E-state index in [-0.39, 0.29) is 49.4 Å². The third-order valence-electron chi connectivity index (χ3n) is 4.90. The van der Waals surface area contributed by atoms with Crippen molar-refractivity contribution < 1.29 is 27.4 Å². The van der Waals surface area contributed by atoms with Gasteiger partial charge >= 0.3 is 6.18 Å². The fraction of sp³-hybridized carbons (Fsp3) is 0.600. The number of pyridine rings is 1. The van der Waals surface area contributed by atoms with E-state index in [1.54, 1.807) is 0 Å². The highest BCUT2D eigenvalue weighted by Crippen LogP contribution is 2.51. The Morgan fingerprint density at radius 2 is 2.04 bits per heavy atom. The van der Waals surface area contributed by atoms with Crippen molar-refractivity contribution in [1.82, 2.24) is 10.3 Å². The summed E-state index contributed by atoms with van der Waals surface area (Å²) in [4.78, 5) is 16.4. The molecule has 0 spiro atoms. The summed E-state index contributed by atoms with van der Waals surface area (Å²) < 4.78 is 49.6. The van der Waals surface area contributed by atoms with Crippen molar-refractivity contribution in [3.05, 3.63) is 17.8 Å². The number of hydrogen-bond acceptors (Lipinski definition) is 5. The molecule has 1 amide bonds. The summed E-state index contributed by atoms with van der Waals surface area (Å²) in [5, 5.41) is 2.80. The van der Waals surface area contributed by atoms with E-state index in [0.717, 1.165) is 0 Å². The molecule has 0 aromatic carbocycles. The van der Waals surface area contributed by atoms with Crippen molar-refractivity contribution in [2.45, 2.75) is 43.0 Å². The first kappa shape index (κ1) is 16.8. The molecule has 0 unspecified atom stereocenters. The lowest BCUT2D eigenvalue weighted by molar-refractivity contribution is -0.317. The number of alkyl halides is 3. The number of methoxy groups -OCH3 is 1. The van der Waals surface area contributed by atoms with Crippen LogP contribution < -0.4 is 15.8 Å². The number of anilines is 1. The van der Waals surface area contributed by atoms with Crippen LogP contribution in [0.25, 0.3) is 0 Å². The molecule has 1 saturated carbocycles. The lowest BCUT2D eigenvalue weighted by Crippen LogP contribution is -2.66. The van der Waals surface area contributed by atoms with Crippen LogP contribution >= 0.6 is 0 Å². The van der Waals surface area contributed by atoms with Gasteiger partial charge in [-0.15, -0.1) is 0 Å². The monoisotopic (exact) mass is 345 g/mol. The Morgan fingerprint density at radius 1 is 1.38 bits per heavy atom. The average Bonchev–Trinajstić information content (AvgIpc) is 2.55. The average molecular weight is 345 g/mol. The molecule has 24 heavy (non-hydrogen) atoms. The summed E-state index contributed by atoms with van der Waals surface area (Å²) in [5.41, 5.74) is 3.24. The van der Waals surface area contributed by atoms with Gasteiger partial charge in [0.15, 0.2) is 5.60 Å². The van der Waals surface area contributed by atoms with Gasteiger partial charge in [-0.25, -0.2) is 4.98 Å². The summed E-state index contributed by atoms with van der Waals surface area (Å²) in [6, 6.07) is 1.40. The van der Waals surface area contributed by atoms with Crippen LogP contribution in [0.1, 0.15) is 36.0 Å². The van der Waals surface area contributed by atoms with Gasteiger partial charge in [-0.1, -0.05) is 0 Å². The standard InChI is InChI=1S/C15H18F3N3O3/c1-23-11-6-9(10(19)7-20-11)12(22)21-13-2-4-14(5-3-13,24-8-13)15(16,17)18/h6-7H,2-5,8,19H2,1H3,(H,21,22). The molecule has 2 bridgehead atoms. The van der Waals surface area contributed by atoms with Crippen LogP contribution in [0.15, 0.2) is 12.3 Å². The van der Waals surface area contributed by atoms with E-state index in [2.05, 4.69) is 10.3 Å². The third kappa shape index (κ3) is 2.66. The van der Waals surface area contributed by atoms with Crippen molar-refractivity contribution in [3.63, 3.8) is 0 Å². The Kier molecular flexibility index (Phi) is 3.86. The van der Waals surface area contributed by atoms with Gasteiger partial charge in [0.1, 0.15) is 0 Å². The van der Waals surface area contributed by atoms with Crippen molar-refractivity contribution in [2.24, 2.45) is 0 Å². The zero-order valence-electron chi connectivity index (χ0n) is 13.1. The molecule has 1 aromatic rings. The number of aromatic nitrogens is 1. The first-order valence-electron chi connectivity index (χ1n) is 7.53. The zero-order valence-corrected chi connectivity index (χ0v) is 13.1. The number of amides is 1. The van der Waals surface area contributed by atoms with Crippen LogP contribution in [0.5, 0.6) is 5.88 Å². The van der Waals surface area contributed by atoms with Crippen LogP contribution in [-0.4, -0.2) is 41.9 Å². The maximum atomic E-state index is 13.2. The Labute approximate surface area is 136 Å². The van der Waals surface area contributed by atoms with Crippen molar-refractivity contribution in [3.8, 4) is 5.88 Å². The van der Waals surface area contributed by atoms with Crippen LogP contribution in [0.3, 0.4) is 0 Å². The van der Waals surface area contributed by atoms with E-state index < -0.39 is 23.2 Å². The smallest absolute Gasteiger partial charge is 0.417 e. The minimum atomic E-state index is -4.40. The minimum absolute atomic E-state index is 0.161. The maximum Gasteiger partial charge on any atom is 0.417 e. The second kappa shape index (κ2) is 5.51. The Hall–Kier alpha value is -2.03. The number of hydrogen-bond donors (Lipinski definition) is 2. The molecule has 1 aromatic heterocycles. The predicted molar refractivity (Wildman–Crippen MR) is 78.6 cm³/mol. The molecule has 2 aliphatic heterocycles. The zero-order chi connectivity index (χ0) is 17.6. The van der Waals surface area contributed by atoms with E-state index in [1.807, 2.05) is 0 Å². The first-order chi connectivity index (χ1) is 11.2. The molecule has 1 aliphatic carbocycles. The highest BCUT2D eigenvalue weighted by Gasteiger charge is 2.63. The van der Waals surface area contributed by atoms with Crippen LogP contribution in [-0.2, 0) is 4.74 Å². The number of nitrogen functional groups attached to an aromatic ring is 1. The van der Waals surface area contributed by atoms with Gasteiger partial charge in [-0.2, -0.15) is 13.2 Å². The van der Waals surface area contributed by atoms with E-state index in [1.165, 1.54) is 19.4 Å². The van der Waals surface area contributed by atoms with Crippen LogP contribution in [0, 0.1) is 0 Å². The molecule has 132 valence electrons. The van der Waals surface area contributed by atoms with E-state index in [4.69, 9.17) is 15.2 Å². The number of fused-ring (bicyclic) bond motifs is 3. The molecule has 3 N–H and O–H groups in total. The van der Waals surface area contributed by atoms with Crippen molar-refractivity contribution >= 4 is 11.6 Å². The number of carbonyl (C=O) groups excluding carboxylic acids is 1. The molecule has 2 saturated heterocycles. The molecule has 4 rings (SSSR count). The number of nitrogens with zero attached hydrogens (tertiary/aromatic N) is 1. The number of rotatable bonds is 3. The Balaban J connectivity index is 1.75. The molecular formula is C15H18F3N3O3. The van der Waals surface area contributed by atoms with Gasteiger partial charge in [0.2, 0.25) is 5.88 Å². The molecule has 3 aliphatic rings. The number of nitrogens with one attached hydrogen (secondary N) is 1. The second-order valence-electron chi connectivity index (χ2n) is 6.33. The molecule has 3 fully saturated rings. The lowest BCUT2D eigenvalue weighted by Gasteiger charge is -2.53. The number of nitrogens with two attached hydrogens (primary N) is 1. The van der Waals surface area contributed by atoms with Gasteiger partial charge in [-0.05, 0) is 25.7 Å². The highest BCUT2D eigenvalue weighted by atomic mass is 19.4. The topological polar surface area (TPSA) is 86.5 Å². The largest absolute Gasteiger partial charge is 0.481 e. The van der Waals surface area contributed by atoms with E-state index >= 15 is 0 Å². The number of ether oxygens (including phenoxy) is 2. The fourth-order valence-electron chi connectivity index (χ4n) is 3.29. The highest BCUT2D eigenvalue weighted by molar-refractivity contribution is 5.99. The van der Waals surface area contributed by atoms with Crippen LogP contribution in [0.4, 0.5) is 18.9 Å². The summed E-state index contributed by atoms with van der Waals surface area (Å²) in [6.45, 7) is -0.166. The van der Waals surface area contributed by atoms with Gasteiger partial charge in [0.25, 0.3) is 5.91 Å². The quantitative estimate of drug-likeness (QED) is 0.876. The SMILES string of the molecule is COc1cc(C(=O)NC23CCC(C(F)(F)F)(CC2)OC3)c(N)cn1. The molecule has 3 heterocycles. The predicted octanol–water partition coefficient (Wildman–Crippen LogP) is 2.05. The van der Waals surface area contributed by atoms with Gasteiger partial charge in [-0.3, -0.25) is 4.79 Å². The lowest BCUT2D eigenvalue weighted by atomic mass is 9.70. The summed E-state index contributed by atoms with van der Waals surface area (Å²) >= 11 is 0. The second-order valence-corrected chi connectivity index (χ2v) is 6.33. The number of halogens is 3. The molecule has 0 atom stereocenters. The van der Waals surface area contributed by atoms with Crippen molar-refractivity contribution in [1.29, 1.82) is 0 Å². The molecule has 9 heteroatoms. The van der Waals surface area contributed by atoms with E-state index in [9.17, 15) is 18.0 Å². The van der Waals surface area contributed by atoms with Gasteiger partial charge < -0.3 is 20.5 Å². The van der Waals surface area contributed by atoms with Gasteiger partial charge in [0.05, 0.1) is 36.7 Å². The van der Waals surface area contributed by atoms with Gasteiger partial charge in [0, 0.05) is 6.07 Å². The van der Waals surface area contributed by atoms with E-state index in [0.29, 0.717) is 0 Å². The summed E-state index contributed by atoms with van der Waals surface area (Å²) in [6.07, 6.45) is -3.00. The minimum Gasteiger partial charge on any atom is -0.481 e. The molecule has 0 radical (unpaired) electrons. The molecular weight excluding hydrogens is 327 g/mol. The van der Waals surface area contributed by atoms with Crippen LogP contribution in [0.2, 0.25) is 0 Å². The number of carbonyl (C=O) groups is 1. The normalized spacial score (nSPS) is 29.3. The maximum absolute atomic E-state index is 13.2. The fourth-order valence-corrected chi connectivity index (χ4v) is 3.29. The molecule has 6 nitrogen and oxygen atoms in total. The first-order valence-corrected chi connectivity index (χ1v) is 7.53. The summed E-state index contributed by atoms with van der Waals surface area (Å²) in [5.74, 6) is -0.246.